The summed E-state index contributed by atoms with van der Waals surface area (Å²) in [5, 5.41) is 2.38. The number of nitrogens with zero attached hydrogens (tertiary/aromatic N) is 5. The molecule has 0 atom stereocenters. The van der Waals surface area contributed by atoms with Crippen molar-refractivity contribution in [2.75, 3.05) is 0 Å². The SMILES string of the molecule is [C-]#[N+]c1ccc(-c2nc(-c3ccc(-c4ccc(C56CC7CC(CC(C7)C5)C6)cc4)cc3)nc(-c3ccc4c5ccccc5n(-c5ccccc5)c4c3)n2)cc1. The van der Waals surface area contributed by atoms with E-state index < -0.39 is 0 Å². The lowest BCUT2D eigenvalue weighted by Gasteiger charge is -2.57. The van der Waals surface area contributed by atoms with Crippen molar-refractivity contribution in [2.45, 2.75) is 43.9 Å². The molecule has 0 amide bonds. The van der Waals surface area contributed by atoms with E-state index in [9.17, 15) is 0 Å². The Labute approximate surface area is 321 Å². The van der Waals surface area contributed by atoms with E-state index in [2.05, 4.69) is 125 Å². The standard InChI is InChI=1S/C50H39N5/c1-51-41-22-17-38(18-23-41)48-52-47(37-13-11-35(12-14-37)36-15-20-40(21-16-36)50-29-32-25-33(30-50)27-34(26-32)31-50)53-49(54-48)39-19-24-44-43-9-5-6-10-45(43)55(46(44)28-39)42-7-3-2-4-8-42/h2-24,28,32-34H,25-27,29-31H2. The van der Waals surface area contributed by atoms with Gasteiger partial charge in [-0.15, -0.1) is 0 Å². The second-order valence-electron chi connectivity index (χ2n) is 16.2. The number of aromatic nitrogens is 4. The van der Waals surface area contributed by atoms with Crippen LogP contribution in [-0.4, -0.2) is 19.5 Å². The topological polar surface area (TPSA) is 48.0 Å². The molecule has 4 fully saturated rings. The van der Waals surface area contributed by atoms with Crippen LogP contribution in [0.4, 0.5) is 5.69 Å². The molecule has 264 valence electrons. The Bertz CT molecular complexity index is 2740. The van der Waals surface area contributed by atoms with Crippen LogP contribution in [0.5, 0.6) is 0 Å². The zero-order chi connectivity index (χ0) is 36.5. The maximum absolute atomic E-state index is 7.45. The first-order valence-electron chi connectivity index (χ1n) is 19.6. The predicted molar refractivity (Wildman–Crippen MR) is 222 cm³/mol. The summed E-state index contributed by atoms with van der Waals surface area (Å²) >= 11 is 0. The third-order valence-electron chi connectivity index (χ3n) is 12.8. The Balaban J connectivity index is 0.976. The van der Waals surface area contributed by atoms with E-state index in [0.717, 1.165) is 51.2 Å². The van der Waals surface area contributed by atoms with Gasteiger partial charge in [0, 0.05) is 33.2 Å². The van der Waals surface area contributed by atoms with Gasteiger partial charge in [0.25, 0.3) is 0 Å². The van der Waals surface area contributed by atoms with Gasteiger partial charge in [0.1, 0.15) is 0 Å². The van der Waals surface area contributed by atoms with Crippen LogP contribution in [0.25, 0.3) is 77.6 Å². The summed E-state index contributed by atoms with van der Waals surface area (Å²) in [5.74, 6) is 4.61. The van der Waals surface area contributed by atoms with E-state index in [-0.39, 0.29) is 0 Å². The van der Waals surface area contributed by atoms with Gasteiger partial charge in [-0.1, -0.05) is 121 Å². The minimum absolute atomic E-state index is 0.407. The lowest BCUT2D eigenvalue weighted by atomic mass is 9.48. The Morgan fingerprint density at radius 1 is 0.491 bits per heavy atom. The highest BCUT2D eigenvalue weighted by Gasteiger charge is 2.51. The molecule has 5 nitrogen and oxygen atoms in total. The van der Waals surface area contributed by atoms with Gasteiger partial charge in [-0.2, -0.15) is 0 Å². The summed E-state index contributed by atoms with van der Waals surface area (Å²) < 4.78 is 2.31. The van der Waals surface area contributed by atoms with Crippen molar-refractivity contribution < 1.29 is 0 Å². The first-order chi connectivity index (χ1) is 27.1. The zero-order valence-electron chi connectivity index (χ0n) is 30.6. The van der Waals surface area contributed by atoms with Gasteiger partial charge in [-0.3, -0.25) is 0 Å². The quantitative estimate of drug-likeness (QED) is 0.162. The molecular formula is C50H39N5. The molecule has 6 aromatic carbocycles. The first kappa shape index (κ1) is 32.1. The Hall–Kier alpha value is -6.38. The van der Waals surface area contributed by atoms with Gasteiger partial charge < -0.3 is 4.57 Å². The van der Waals surface area contributed by atoms with Crippen LogP contribution in [0.3, 0.4) is 0 Å². The molecule has 4 saturated carbocycles. The molecule has 0 saturated heterocycles. The van der Waals surface area contributed by atoms with Gasteiger partial charge in [0.05, 0.1) is 17.6 Å². The normalized spacial score (nSPS) is 21.3. The van der Waals surface area contributed by atoms with Crippen LogP contribution in [0, 0.1) is 24.3 Å². The van der Waals surface area contributed by atoms with Crippen molar-refractivity contribution in [1.82, 2.24) is 19.5 Å². The van der Waals surface area contributed by atoms with Crippen LogP contribution in [0.2, 0.25) is 0 Å². The molecular weight excluding hydrogens is 671 g/mol. The minimum atomic E-state index is 0.407. The van der Waals surface area contributed by atoms with Crippen molar-refractivity contribution in [3.8, 4) is 51.0 Å². The van der Waals surface area contributed by atoms with Crippen molar-refractivity contribution in [3.05, 3.63) is 163 Å². The van der Waals surface area contributed by atoms with Crippen LogP contribution < -0.4 is 0 Å². The fourth-order valence-electron chi connectivity index (χ4n) is 10.7. The third kappa shape index (κ3) is 5.47. The highest BCUT2D eigenvalue weighted by atomic mass is 15.0. The Morgan fingerprint density at radius 3 is 1.60 bits per heavy atom. The summed E-state index contributed by atoms with van der Waals surface area (Å²) in [6.45, 7) is 7.45. The average molecular weight is 710 g/mol. The maximum Gasteiger partial charge on any atom is 0.187 e. The molecule has 0 unspecified atom stereocenters. The van der Waals surface area contributed by atoms with Crippen molar-refractivity contribution in [1.29, 1.82) is 0 Å². The van der Waals surface area contributed by atoms with Crippen LogP contribution >= 0.6 is 0 Å². The second-order valence-corrected chi connectivity index (χ2v) is 16.2. The zero-order valence-corrected chi connectivity index (χ0v) is 30.6. The highest BCUT2D eigenvalue weighted by Crippen LogP contribution is 2.60. The first-order valence-corrected chi connectivity index (χ1v) is 19.6. The Kier molecular flexibility index (Phi) is 7.35. The third-order valence-corrected chi connectivity index (χ3v) is 12.8. The molecule has 55 heavy (non-hydrogen) atoms. The van der Waals surface area contributed by atoms with Gasteiger partial charge in [0.15, 0.2) is 23.2 Å². The molecule has 0 aliphatic heterocycles. The van der Waals surface area contributed by atoms with Crippen LogP contribution in [0.1, 0.15) is 44.1 Å². The lowest BCUT2D eigenvalue weighted by Crippen LogP contribution is -2.48. The molecule has 2 aromatic heterocycles. The molecule has 12 rings (SSSR count). The average Bonchev–Trinajstić information content (AvgIpc) is 3.57. The molecule has 4 aliphatic carbocycles. The van der Waals surface area contributed by atoms with Crippen molar-refractivity contribution >= 4 is 27.5 Å². The van der Waals surface area contributed by atoms with Crippen molar-refractivity contribution in [3.63, 3.8) is 0 Å². The highest BCUT2D eigenvalue weighted by molar-refractivity contribution is 6.10. The van der Waals surface area contributed by atoms with E-state index in [0.29, 0.717) is 28.6 Å². The van der Waals surface area contributed by atoms with Gasteiger partial charge in [0.2, 0.25) is 0 Å². The molecule has 4 bridgehead atoms. The van der Waals surface area contributed by atoms with Gasteiger partial charge in [-0.05, 0) is 103 Å². The number of benzene rings is 6. The number of hydrogen-bond acceptors (Lipinski definition) is 3. The smallest absolute Gasteiger partial charge is 0.187 e. The van der Waals surface area contributed by atoms with E-state index in [1.807, 2.05) is 30.3 Å². The second kappa shape index (κ2) is 12.6. The molecule has 2 heterocycles. The summed E-state index contributed by atoms with van der Waals surface area (Å²) in [6.07, 6.45) is 8.57. The number of para-hydroxylation sites is 2. The molecule has 4 aliphatic rings. The fourth-order valence-corrected chi connectivity index (χ4v) is 10.7. The van der Waals surface area contributed by atoms with Gasteiger partial charge in [-0.25, -0.2) is 19.8 Å². The number of fused-ring (bicyclic) bond motifs is 3. The summed E-state index contributed by atoms with van der Waals surface area (Å²) in [5.41, 5.74) is 11.0. The number of hydrogen-bond donors (Lipinski definition) is 0. The maximum atomic E-state index is 7.45. The molecule has 0 spiro atoms. The van der Waals surface area contributed by atoms with E-state index in [4.69, 9.17) is 21.5 Å². The fraction of sp³-hybridized carbons (Fsp3) is 0.200. The Morgan fingerprint density at radius 2 is 0.982 bits per heavy atom. The molecule has 8 aromatic rings. The molecule has 0 radical (unpaired) electrons. The lowest BCUT2D eigenvalue weighted by molar-refractivity contribution is -0.00518. The summed E-state index contributed by atoms with van der Waals surface area (Å²) in [6, 6.07) is 51.2. The van der Waals surface area contributed by atoms with Crippen LogP contribution in [0.15, 0.2) is 146 Å². The largest absolute Gasteiger partial charge is 0.309 e. The molecule has 0 N–H and O–H groups in total. The minimum Gasteiger partial charge on any atom is -0.309 e. The number of rotatable bonds is 6. The van der Waals surface area contributed by atoms with Gasteiger partial charge >= 0.3 is 0 Å². The monoisotopic (exact) mass is 709 g/mol. The molecule has 5 heteroatoms. The van der Waals surface area contributed by atoms with Crippen molar-refractivity contribution in [2.24, 2.45) is 17.8 Å². The summed E-state index contributed by atoms with van der Waals surface area (Å²) in [7, 11) is 0. The predicted octanol–water partition coefficient (Wildman–Crippen LogP) is 12.7. The van der Waals surface area contributed by atoms with E-state index in [1.165, 1.54) is 60.4 Å². The van der Waals surface area contributed by atoms with Crippen LogP contribution in [-0.2, 0) is 5.41 Å². The van der Waals surface area contributed by atoms with E-state index in [1.54, 1.807) is 5.56 Å². The summed E-state index contributed by atoms with van der Waals surface area (Å²) in [4.78, 5) is 18.8. The van der Waals surface area contributed by atoms with E-state index >= 15 is 0 Å².